The van der Waals surface area contributed by atoms with Gasteiger partial charge in [0.25, 0.3) is 0 Å². The van der Waals surface area contributed by atoms with Crippen LogP contribution in [0, 0.1) is 0 Å². The van der Waals surface area contributed by atoms with Crippen LogP contribution in [0.25, 0.3) is 88.4 Å². The summed E-state index contributed by atoms with van der Waals surface area (Å²) < 4.78 is 4.90. The van der Waals surface area contributed by atoms with Crippen molar-refractivity contribution in [1.29, 1.82) is 0 Å². The SMILES string of the molecule is c1ccc(-c2cccc(-c3cccc(-n4c5cc6c7ccccc7n(-c7ccccc7)c6cc5c5cccc(-c6ccccc6)c54)c3)c2)cc1. The highest BCUT2D eigenvalue weighted by atomic mass is 15.0. The molecule has 50 heavy (non-hydrogen) atoms. The predicted molar refractivity (Wildman–Crippen MR) is 211 cm³/mol. The molecule has 0 aliphatic carbocycles. The molecule has 2 nitrogen and oxygen atoms in total. The number of benzene rings is 8. The van der Waals surface area contributed by atoms with Gasteiger partial charge in [-0.2, -0.15) is 0 Å². The Balaban J connectivity index is 1.28. The van der Waals surface area contributed by atoms with Gasteiger partial charge in [0, 0.05) is 38.5 Å². The number of fused-ring (bicyclic) bond motifs is 6. The van der Waals surface area contributed by atoms with Crippen LogP contribution < -0.4 is 0 Å². The van der Waals surface area contributed by atoms with E-state index >= 15 is 0 Å². The molecule has 0 bridgehead atoms. The molecule has 10 aromatic rings. The van der Waals surface area contributed by atoms with E-state index in [1.807, 2.05) is 0 Å². The molecule has 8 aromatic carbocycles. The fourth-order valence-electron chi connectivity index (χ4n) is 7.83. The van der Waals surface area contributed by atoms with Crippen molar-refractivity contribution < 1.29 is 0 Å². The first-order valence-corrected chi connectivity index (χ1v) is 17.2. The van der Waals surface area contributed by atoms with Gasteiger partial charge < -0.3 is 9.13 Å². The first-order valence-electron chi connectivity index (χ1n) is 17.2. The summed E-state index contributed by atoms with van der Waals surface area (Å²) >= 11 is 0. The van der Waals surface area contributed by atoms with Crippen LogP contribution >= 0.6 is 0 Å². The number of aromatic nitrogens is 2. The predicted octanol–water partition coefficient (Wildman–Crippen LogP) is 12.9. The molecule has 0 aliphatic heterocycles. The quantitative estimate of drug-likeness (QED) is 0.178. The van der Waals surface area contributed by atoms with Gasteiger partial charge in [-0.1, -0.05) is 146 Å². The molecular weight excluding hydrogens is 605 g/mol. The highest BCUT2D eigenvalue weighted by Crippen LogP contribution is 2.42. The maximum atomic E-state index is 2.49. The largest absolute Gasteiger partial charge is 0.309 e. The Bertz CT molecular complexity index is 2840. The van der Waals surface area contributed by atoms with E-state index in [1.54, 1.807) is 0 Å². The second kappa shape index (κ2) is 11.5. The van der Waals surface area contributed by atoms with Crippen LogP contribution in [0.5, 0.6) is 0 Å². The Hall–Kier alpha value is -6.64. The van der Waals surface area contributed by atoms with E-state index in [2.05, 4.69) is 203 Å². The van der Waals surface area contributed by atoms with Gasteiger partial charge in [-0.15, -0.1) is 0 Å². The molecule has 0 amide bonds. The zero-order chi connectivity index (χ0) is 33.0. The van der Waals surface area contributed by atoms with Gasteiger partial charge in [0.15, 0.2) is 0 Å². The van der Waals surface area contributed by atoms with Crippen LogP contribution in [0.3, 0.4) is 0 Å². The maximum absolute atomic E-state index is 2.49. The minimum Gasteiger partial charge on any atom is -0.309 e. The molecule has 0 spiro atoms. The monoisotopic (exact) mass is 636 g/mol. The Morgan fingerprint density at radius 2 is 0.760 bits per heavy atom. The lowest BCUT2D eigenvalue weighted by Gasteiger charge is -2.14. The first-order chi connectivity index (χ1) is 24.8. The minimum absolute atomic E-state index is 1.14. The lowest BCUT2D eigenvalue weighted by molar-refractivity contribution is 1.17. The Morgan fingerprint density at radius 3 is 1.52 bits per heavy atom. The molecule has 2 heterocycles. The molecular formula is C48H32N2. The maximum Gasteiger partial charge on any atom is 0.0619 e. The second-order valence-electron chi connectivity index (χ2n) is 13.0. The second-order valence-corrected chi connectivity index (χ2v) is 13.0. The summed E-state index contributed by atoms with van der Waals surface area (Å²) in [5.74, 6) is 0. The summed E-state index contributed by atoms with van der Waals surface area (Å²) in [6.45, 7) is 0. The van der Waals surface area contributed by atoms with Crippen LogP contribution in [0.1, 0.15) is 0 Å². The summed E-state index contributed by atoms with van der Waals surface area (Å²) in [5, 5.41) is 4.97. The van der Waals surface area contributed by atoms with Crippen molar-refractivity contribution in [2.75, 3.05) is 0 Å². The van der Waals surface area contributed by atoms with Crippen LogP contribution in [-0.2, 0) is 0 Å². The molecule has 0 atom stereocenters. The van der Waals surface area contributed by atoms with Gasteiger partial charge in [0.1, 0.15) is 0 Å². The normalized spacial score (nSPS) is 11.6. The topological polar surface area (TPSA) is 9.86 Å². The van der Waals surface area contributed by atoms with Crippen molar-refractivity contribution in [3.8, 4) is 44.8 Å². The first kappa shape index (κ1) is 28.4. The third kappa shape index (κ3) is 4.50. The van der Waals surface area contributed by atoms with Crippen molar-refractivity contribution in [3.63, 3.8) is 0 Å². The fraction of sp³-hybridized carbons (Fsp3) is 0. The zero-order valence-corrected chi connectivity index (χ0v) is 27.4. The highest BCUT2D eigenvalue weighted by molar-refractivity contribution is 6.20. The molecule has 0 fully saturated rings. The standard InChI is InChI=1S/C48H32N2/c1-4-15-33(16-5-1)35-19-12-20-36(29-35)37-21-13-24-39(30-37)50-47-31-43-41-25-10-11-28-45(41)49(38-22-8-3-9-23-38)46(43)32-44(47)42-27-14-26-40(48(42)50)34-17-6-2-7-18-34/h1-32H. The molecule has 2 aromatic heterocycles. The van der Waals surface area contributed by atoms with Gasteiger partial charge in [-0.05, 0) is 76.3 Å². The molecule has 0 radical (unpaired) electrons. The number of hydrogen-bond acceptors (Lipinski definition) is 0. The number of rotatable bonds is 5. The van der Waals surface area contributed by atoms with E-state index in [0.29, 0.717) is 0 Å². The molecule has 234 valence electrons. The summed E-state index contributed by atoms with van der Waals surface area (Å²) in [6, 6.07) is 70.4. The number of hydrogen-bond donors (Lipinski definition) is 0. The Labute approximate surface area is 290 Å². The molecule has 10 rings (SSSR count). The van der Waals surface area contributed by atoms with Crippen LogP contribution in [0.4, 0.5) is 0 Å². The summed E-state index contributed by atoms with van der Waals surface area (Å²) in [7, 11) is 0. The number of para-hydroxylation sites is 3. The summed E-state index contributed by atoms with van der Waals surface area (Å²) in [5.41, 5.74) is 14.4. The lowest BCUT2D eigenvalue weighted by atomic mass is 9.98. The van der Waals surface area contributed by atoms with Crippen LogP contribution in [-0.4, -0.2) is 9.13 Å². The van der Waals surface area contributed by atoms with E-state index in [0.717, 1.165) is 11.4 Å². The van der Waals surface area contributed by atoms with Crippen molar-refractivity contribution in [2.24, 2.45) is 0 Å². The van der Waals surface area contributed by atoms with Crippen LogP contribution in [0.15, 0.2) is 194 Å². The van der Waals surface area contributed by atoms with Crippen LogP contribution in [0.2, 0.25) is 0 Å². The van der Waals surface area contributed by atoms with Gasteiger partial charge >= 0.3 is 0 Å². The van der Waals surface area contributed by atoms with E-state index in [4.69, 9.17) is 0 Å². The Kier molecular flexibility index (Phi) is 6.53. The van der Waals surface area contributed by atoms with Crippen molar-refractivity contribution in [3.05, 3.63) is 194 Å². The third-order valence-electron chi connectivity index (χ3n) is 10.1. The van der Waals surface area contributed by atoms with E-state index < -0.39 is 0 Å². The van der Waals surface area contributed by atoms with Gasteiger partial charge in [0.05, 0.1) is 22.1 Å². The van der Waals surface area contributed by atoms with Gasteiger partial charge in [0.2, 0.25) is 0 Å². The van der Waals surface area contributed by atoms with E-state index in [-0.39, 0.29) is 0 Å². The molecule has 0 saturated heterocycles. The van der Waals surface area contributed by atoms with E-state index in [1.165, 1.54) is 77.0 Å². The average Bonchev–Trinajstić information content (AvgIpc) is 3.70. The molecule has 2 heteroatoms. The number of nitrogens with zero attached hydrogens (tertiary/aromatic N) is 2. The van der Waals surface area contributed by atoms with Gasteiger partial charge in [-0.3, -0.25) is 0 Å². The van der Waals surface area contributed by atoms with Crippen molar-refractivity contribution >= 4 is 43.6 Å². The minimum atomic E-state index is 1.14. The highest BCUT2D eigenvalue weighted by Gasteiger charge is 2.20. The molecule has 0 unspecified atom stereocenters. The lowest BCUT2D eigenvalue weighted by Crippen LogP contribution is -1.96. The van der Waals surface area contributed by atoms with Crippen molar-refractivity contribution in [2.45, 2.75) is 0 Å². The molecule has 0 saturated carbocycles. The van der Waals surface area contributed by atoms with E-state index in [9.17, 15) is 0 Å². The third-order valence-corrected chi connectivity index (χ3v) is 10.1. The summed E-state index contributed by atoms with van der Waals surface area (Å²) in [6.07, 6.45) is 0. The summed E-state index contributed by atoms with van der Waals surface area (Å²) in [4.78, 5) is 0. The molecule has 0 aliphatic rings. The molecule has 0 N–H and O–H groups in total. The Morgan fingerprint density at radius 1 is 0.260 bits per heavy atom. The zero-order valence-electron chi connectivity index (χ0n) is 27.4. The van der Waals surface area contributed by atoms with Gasteiger partial charge in [-0.25, -0.2) is 0 Å². The van der Waals surface area contributed by atoms with Crippen molar-refractivity contribution in [1.82, 2.24) is 9.13 Å². The smallest absolute Gasteiger partial charge is 0.0619 e. The average molecular weight is 637 g/mol. The fourth-order valence-corrected chi connectivity index (χ4v) is 7.83.